The molecule has 0 aliphatic carbocycles. The van der Waals surface area contributed by atoms with E-state index in [9.17, 15) is 4.79 Å². The molecule has 88 valence electrons. The lowest BCUT2D eigenvalue weighted by atomic mass is 10.2. The van der Waals surface area contributed by atoms with E-state index >= 15 is 0 Å². The highest BCUT2D eigenvalue weighted by Gasteiger charge is 2.04. The van der Waals surface area contributed by atoms with Crippen LogP contribution in [0.1, 0.15) is 25.7 Å². The molecule has 5 heteroatoms. The Bertz CT molecular complexity index is 180. The molecule has 0 aliphatic rings. The maximum Gasteiger partial charge on any atom is 0.234 e. The van der Waals surface area contributed by atoms with E-state index in [0.717, 1.165) is 12.8 Å². The molecule has 4 nitrogen and oxygen atoms in total. The van der Waals surface area contributed by atoms with Crippen LogP contribution in [0.3, 0.4) is 0 Å². The summed E-state index contributed by atoms with van der Waals surface area (Å²) in [5.74, 6) is 0.0738. The van der Waals surface area contributed by atoms with Crippen molar-refractivity contribution in [3.63, 3.8) is 0 Å². The Morgan fingerprint density at radius 1 is 1.20 bits per heavy atom. The minimum atomic E-state index is -0.249. The largest absolute Gasteiger partial charge is 0.360 e. The Morgan fingerprint density at radius 2 is 1.87 bits per heavy atom. The molecule has 0 aromatic rings. The highest BCUT2D eigenvalue weighted by Crippen LogP contribution is 2.04. The predicted octanol–water partition coefficient (Wildman–Crippen LogP) is 1.05. The lowest BCUT2D eigenvalue weighted by Crippen LogP contribution is -2.20. The summed E-state index contributed by atoms with van der Waals surface area (Å²) in [6.07, 6.45) is 6.13. The van der Waals surface area contributed by atoms with E-state index in [-0.39, 0.29) is 15.4 Å². The number of methoxy groups -OCH3 is 2. The highest BCUT2D eigenvalue weighted by molar-refractivity contribution is 6.36. The van der Waals surface area contributed by atoms with E-state index in [1.54, 1.807) is 20.3 Å². The Labute approximate surface area is 93.9 Å². The fourth-order valence-electron chi connectivity index (χ4n) is 1.41. The summed E-state index contributed by atoms with van der Waals surface area (Å²) in [5, 5.41) is 0. The van der Waals surface area contributed by atoms with Crippen LogP contribution in [0.5, 0.6) is 0 Å². The molecule has 0 saturated heterocycles. The molecule has 0 aromatic carbocycles. The minimum Gasteiger partial charge on any atom is -0.360 e. The quantitative estimate of drug-likeness (QED) is 0.186. The van der Waals surface area contributed by atoms with E-state index < -0.39 is 0 Å². The van der Waals surface area contributed by atoms with Crippen molar-refractivity contribution in [1.82, 2.24) is 0 Å². The van der Waals surface area contributed by atoms with Gasteiger partial charge >= 0.3 is 0 Å². The van der Waals surface area contributed by atoms with Crippen LogP contribution in [0.2, 0.25) is 6.04 Å². The van der Waals surface area contributed by atoms with Gasteiger partial charge in [-0.3, -0.25) is 0 Å². The van der Waals surface area contributed by atoms with Gasteiger partial charge in [-0.1, -0.05) is 25.3 Å². The van der Waals surface area contributed by atoms with Crippen LogP contribution < -0.4 is 0 Å². The van der Waals surface area contributed by atoms with Gasteiger partial charge in [-0.15, -0.1) is 0 Å². The van der Waals surface area contributed by atoms with Crippen molar-refractivity contribution in [3.8, 4) is 0 Å². The molecule has 0 spiro atoms. The summed E-state index contributed by atoms with van der Waals surface area (Å²) in [6.45, 7) is 0.625. The Kier molecular flexibility index (Phi) is 11.2. The summed E-state index contributed by atoms with van der Waals surface area (Å²) in [6, 6.07) is 1.25. The maximum absolute atomic E-state index is 9.77. The van der Waals surface area contributed by atoms with Gasteiger partial charge in [0, 0.05) is 14.2 Å². The lowest BCUT2D eigenvalue weighted by Gasteiger charge is -2.11. The van der Waals surface area contributed by atoms with Gasteiger partial charge in [0.25, 0.3) is 0 Å². The second kappa shape index (κ2) is 11.6. The summed E-state index contributed by atoms with van der Waals surface area (Å²) in [5.41, 5.74) is 0. The van der Waals surface area contributed by atoms with Gasteiger partial charge in [0.2, 0.25) is 6.08 Å². The highest BCUT2D eigenvalue weighted by atomic mass is 28.2. The van der Waals surface area contributed by atoms with Crippen LogP contribution in [0.15, 0.2) is 4.99 Å². The monoisotopic (exact) mass is 231 g/mol. The fourth-order valence-corrected chi connectivity index (χ4v) is 2.86. The first-order valence-corrected chi connectivity index (χ1v) is 7.26. The van der Waals surface area contributed by atoms with Crippen molar-refractivity contribution in [2.45, 2.75) is 37.6 Å². The number of rotatable bonds is 10. The molecular formula is C10H21NO3Si. The zero-order valence-corrected chi connectivity index (χ0v) is 11.1. The van der Waals surface area contributed by atoms with E-state index in [2.05, 4.69) is 4.99 Å². The number of hydrogen-bond acceptors (Lipinski definition) is 4. The smallest absolute Gasteiger partial charge is 0.234 e. The van der Waals surface area contributed by atoms with Crippen LogP contribution in [-0.4, -0.2) is 42.3 Å². The normalized spacial score (nSPS) is 11.1. The van der Waals surface area contributed by atoms with Gasteiger partial charge in [0.05, 0.1) is 16.1 Å². The molecule has 0 radical (unpaired) electrons. The molecule has 0 aromatic heterocycles. The Morgan fingerprint density at radius 3 is 2.47 bits per heavy atom. The molecule has 0 heterocycles. The molecule has 15 heavy (non-hydrogen) atoms. The Hall–Kier alpha value is -0.483. The molecule has 0 bridgehead atoms. The molecule has 0 fully saturated rings. The second-order valence-electron chi connectivity index (χ2n) is 3.43. The predicted molar refractivity (Wildman–Crippen MR) is 62.6 cm³/mol. The Balaban J connectivity index is 3.13. The average molecular weight is 231 g/mol. The van der Waals surface area contributed by atoms with Crippen LogP contribution in [0.4, 0.5) is 0 Å². The van der Waals surface area contributed by atoms with Crippen molar-refractivity contribution >= 4 is 15.6 Å². The average Bonchev–Trinajstić information content (AvgIpc) is 2.27. The fraction of sp³-hybridized carbons (Fsp3) is 0.900. The van der Waals surface area contributed by atoms with Gasteiger partial charge in [-0.2, -0.15) is 0 Å². The van der Waals surface area contributed by atoms with E-state index in [1.807, 2.05) is 0 Å². The molecule has 0 rings (SSSR count). The summed E-state index contributed by atoms with van der Waals surface area (Å²) in [4.78, 5) is 13.3. The van der Waals surface area contributed by atoms with Crippen molar-refractivity contribution < 1.29 is 14.3 Å². The maximum atomic E-state index is 9.77. The van der Waals surface area contributed by atoms with Crippen molar-refractivity contribution in [2.75, 3.05) is 20.8 Å². The van der Waals surface area contributed by atoms with Crippen molar-refractivity contribution in [3.05, 3.63) is 0 Å². The van der Waals surface area contributed by atoms with Gasteiger partial charge < -0.3 is 9.47 Å². The number of carbonyl (C=O) groups excluding carboxylic acids is 1. The van der Waals surface area contributed by atoms with Gasteiger partial charge in [-0.25, -0.2) is 9.79 Å². The first-order valence-electron chi connectivity index (χ1n) is 5.44. The first-order chi connectivity index (χ1) is 7.35. The zero-order valence-electron chi connectivity index (χ0n) is 9.70. The topological polar surface area (TPSA) is 47.9 Å². The molecule has 0 aliphatic heterocycles. The van der Waals surface area contributed by atoms with E-state index in [1.165, 1.54) is 18.9 Å². The standard InChI is InChI=1S/C10H21NO3Si/c1-13-10(14-2)15-8-6-4-3-5-7-11-9-12/h10H,3-8,15H2,1-2H3. The van der Waals surface area contributed by atoms with Gasteiger partial charge in [-0.05, 0) is 6.42 Å². The molecule has 0 N–H and O–H groups in total. The third-order valence-corrected chi connectivity index (χ3v) is 4.35. The SMILES string of the molecule is COC(OC)[SiH2]CCCCCCN=C=O. The lowest BCUT2D eigenvalue weighted by molar-refractivity contribution is -0.0441. The third-order valence-electron chi connectivity index (χ3n) is 2.30. The van der Waals surface area contributed by atoms with Crippen LogP contribution in [-0.2, 0) is 14.3 Å². The number of nitrogens with zero attached hydrogens (tertiary/aromatic N) is 1. The zero-order chi connectivity index (χ0) is 11.4. The van der Waals surface area contributed by atoms with Crippen LogP contribution in [0.25, 0.3) is 0 Å². The van der Waals surface area contributed by atoms with Crippen LogP contribution >= 0.6 is 0 Å². The number of hydrogen-bond donors (Lipinski definition) is 0. The third kappa shape index (κ3) is 9.81. The number of ether oxygens (including phenoxy) is 2. The van der Waals surface area contributed by atoms with Gasteiger partial charge in [0.1, 0.15) is 5.91 Å². The summed E-state index contributed by atoms with van der Waals surface area (Å²) in [7, 11) is 3.14. The first kappa shape index (κ1) is 14.5. The van der Waals surface area contributed by atoms with Crippen LogP contribution in [0, 0.1) is 0 Å². The number of aliphatic imine (C=N–C) groups is 1. The minimum absolute atomic E-state index is 0.0738. The molecular weight excluding hydrogens is 210 g/mol. The molecule has 0 saturated carbocycles. The number of unbranched alkanes of at least 4 members (excludes halogenated alkanes) is 3. The second-order valence-corrected chi connectivity index (χ2v) is 5.38. The molecule has 0 atom stereocenters. The molecule has 0 unspecified atom stereocenters. The van der Waals surface area contributed by atoms with Gasteiger partial charge in [0.15, 0.2) is 0 Å². The number of isocyanates is 1. The summed E-state index contributed by atoms with van der Waals surface area (Å²) >= 11 is 0. The van der Waals surface area contributed by atoms with Crippen molar-refractivity contribution in [1.29, 1.82) is 0 Å². The summed E-state index contributed by atoms with van der Waals surface area (Å²) < 4.78 is 10.3. The van der Waals surface area contributed by atoms with E-state index in [4.69, 9.17) is 9.47 Å². The molecule has 0 amide bonds. The van der Waals surface area contributed by atoms with E-state index in [0.29, 0.717) is 6.54 Å². The van der Waals surface area contributed by atoms with Crippen molar-refractivity contribution in [2.24, 2.45) is 4.99 Å².